The van der Waals surface area contributed by atoms with E-state index >= 15 is 0 Å². The number of hydrogen-bond acceptors (Lipinski definition) is 4. The van der Waals surface area contributed by atoms with Crippen LogP contribution >= 0.6 is 0 Å². The third-order valence-corrected chi connectivity index (χ3v) is 7.39. The molecule has 5 atom stereocenters. The normalized spacial score (nSPS) is 37.2. The van der Waals surface area contributed by atoms with Crippen LogP contribution in [0.5, 0.6) is 0 Å². The lowest BCUT2D eigenvalue weighted by Crippen LogP contribution is -2.58. The zero-order valence-corrected chi connectivity index (χ0v) is 15.5. The van der Waals surface area contributed by atoms with Gasteiger partial charge in [-0.2, -0.15) is 0 Å². The van der Waals surface area contributed by atoms with E-state index in [0.29, 0.717) is 17.5 Å². The zero-order chi connectivity index (χ0) is 16.9. The molecule has 132 valence electrons. The molecule has 0 amide bonds. The van der Waals surface area contributed by atoms with Crippen LogP contribution < -0.4 is 15.5 Å². The van der Waals surface area contributed by atoms with Gasteiger partial charge in [-0.25, -0.2) is 4.98 Å². The van der Waals surface area contributed by atoms with Crippen LogP contribution in [0.3, 0.4) is 0 Å². The summed E-state index contributed by atoms with van der Waals surface area (Å²) < 4.78 is 0. The van der Waals surface area contributed by atoms with Crippen molar-refractivity contribution in [3.8, 4) is 0 Å². The number of fused-ring (bicyclic) bond motifs is 2. The molecule has 4 heteroatoms. The van der Waals surface area contributed by atoms with E-state index in [-0.39, 0.29) is 0 Å². The summed E-state index contributed by atoms with van der Waals surface area (Å²) in [6.45, 7) is 9.58. The van der Waals surface area contributed by atoms with E-state index < -0.39 is 0 Å². The number of aromatic nitrogens is 1. The maximum absolute atomic E-state index is 4.60. The number of nitrogens with one attached hydrogen (secondary N) is 2. The second-order valence-electron chi connectivity index (χ2n) is 8.83. The van der Waals surface area contributed by atoms with Crippen molar-refractivity contribution in [1.29, 1.82) is 0 Å². The predicted octanol–water partition coefficient (Wildman–Crippen LogP) is 3.36. The Hall–Kier alpha value is -1.29. The minimum Gasteiger partial charge on any atom is -0.370 e. The number of likely N-dealkylation sites (N-methyl/N-ethyl adjacent to an activating group) is 1. The third-order valence-electron chi connectivity index (χ3n) is 7.39. The van der Waals surface area contributed by atoms with E-state index in [1.165, 1.54) is 24.9 Å². The molecule has 24 heavy (non-hydrogen) atoms. The minimum absolute atomic E-state index is 0.546. The standard InChI is InChI=1S/C20H32N4/c1-13-17-9-14(20(17,2)3)10-18(13)23-19-11-16(5-7-22-19)24-8-6-15(12-24)21-4/h5,7,11,13-15,17-18,21H,6,8-10,12H2,1-4H3,(H,22,23)/t13-,14+,15+,17+,18-/m0/s1. The number of pyridine rings is 1. The van der Waals surface area contributed by atoms with Gasteiger partial charge in [-0.05, 0) is 55.5 Å². The van der Waals surface area contributed by atoms with Crippen molar-refractivity contribution < 1.29 is 0 Å². The Balaban J connectivity index is 1.44. The molecule has 3 aliphatic carbocycles. The number of nitrogens with zero attached hydrogens (tertiary/aromatic N) is 2. The smallest absolute Gasteiger partial charge is 0.128 e. The van der Waals surface area contributed by atoms with Gasteiger partial charge in [0.2, 0.25) is 0 Å². The van der Waals surface area contributed by atoms with Gasteiger partial charge in [-0.3, -0.25) is 0 Å². The first kappa shape index (κ1) is 16.2. The molecule has 2 N–H and O–H groups in total. The van der Waals surface area contributed by atoms with Crippen LogP contribution in [0.4, 0.5) is 11.5 Å². The molecule has 1 saturated heterocycles. The summed E-state index contributed by atoms with van der Waals surface area (Å²) in [7, 11) is 2.06. The molecular weight excluding hydrogens is 296 g/mol. The average molecular weight is 329 g/mol. The average Bonchev–Trinajstić information content (AvgIpc) is 3.05. The molecule has 1 aliphatic heterocycles. The highest BCUT2D eigenvalue weighted by Gasteiger charge is 2.56. The van der Waals surface area contributed by atoms with Crippen molar-refractivity contribution >= 4 is 11.5 Å². The lowest BCUT2D eigenvalue weighted by Gasteiger charge is -2.62. The van der Waals surface area contributed by atoms with Crippen molar-refractivity contribution in [1.82, 2.24) is 10.3 Å². The van der Waals surface area contributed by atoms with Crippen LogP contribution in [0.25, 0.3) is 0 Å². The Kier molecular flexibility index (Phi) is 3.98. The largest absolute Gasteiger partial charge is 0.370 e. The van der Waals surface area contributed by atoms with Gasteiger partial charge in [0.05, 0.1) is 0 Å². The van der Waals surface area contributed by atoms with Crippen LogP contribution in [0, 0.1) is 23.2 Å². The molecule has 4 aliphatic rings. The SMILES string of the molecule is CN[C@@H]1CCN(c2ccnc(N[C@H]3C[C@H]4C[C@H]([C@@H]3C)C4(C)C)c2)C1. The monoisotopic (exact) mass is 328 g/mol. The number of anilines is 2. The van der Waals surface area contributed by atoms with E-state index in [2.05, 4.69) is 60.5 Å². The van der Waals surface area contributed by atoms with E-state index in [4.69, 9.17) is 0 Å². The van der Waals surface area contributed by atoms with E-state index in [9.17, 15) is 0 Å². The maximum atomic E-state index is 4.60. The zero-order valence-electron chi connectivity index (χ0n) is 15.5. The highest BCUT2D eigenvalue weighted by atomic mass is 15.2. The van der Waals surface area contributed by atoms with Crippen LogP contribution in [0.15, 0.2) is 18.3 Å². The lowest BCUT2D eigenvalue weighted by molar-refractivity contribution is -0.105. The highest BCUT2D eigenvalue weighted by molar-refractivity contribution is 5.55. The molecule has 5 rings (SSSR count). The minimum atomic E-state index is 0.546. The van der Waals surface area contributed by atoms with Gasteiger partial charge in [0.1, 0.15) is 5.82 Å². The summed E-state index contributed by atoms with van der Waals surface area (Å²) in [5.74, 6) is 3.54. The Morgan fingerprint density at radius 1 is 1.29 bits per heavy atom. The van der Waals surface area contributed by atoms with Crippen molar-refractivity contribution in [2.45, 2.75) is 52.1 Å². The van der Waals surface area contributed by atoms with Gasteiger partial charge < -0.3 is 15.5 Å². The van der Waals surface area contributed by atoms with Gasteiger partial charge in [0, 0.05) is 43.1 Å². The Bertz CT molecular complexity index is 599. The molecule has 0 spiro atoms. The quantitative estimate of drug-likeness (QED) is 0.889. The number of hydrogen-bond donors (Lipinski definition) is 2. The van der Waals surface area contributed by atoms with Crippen LogP contribution in [0.2, 0.25) is 0 Å². The first-order valence-corrected chi connectivity index (χ1v) is 9.64. The number of rotatable bonds is 4. The maximum Gasteiger partial charge on any atom is 0.128 e. The molecule has 2 heterocycles. The summed E-state index contributed by atoms with van der Waals surface area (Å²) in [6.07, 6.45) is 5.91. The summed E-state index contributed by atoms with van der Waals surface area (Å²) in [5, 5.41) is 7.16. The molecule has 1 aromatic heterocycles. The first-order valence-electron chi connectivity index (χ1n) is 9.64. The lowest BCUT2D eigenvalue weighted by atomic mass is 9.45. The fourth-order valence-corrected chi connectivity index (χ4v) is 5.46. The molecule has 0 radical (unpaired) electrons. The van der Waals surface area contributed by atoms with Crippen LogP contribution in [0.1, 0.15) is 40.0 Å². The second kappa shape index (κ2) is 5.91. The van der Waals surface area contributed by atoms with Crippen molar-refractivity contribution in [2.75, 3.05) is 30.4 Å². The summed E-state index contributed by atoms with van der Waals surface area (Å²) in [6, 6.07) is 5.58. The molecule has 4 nitrogen and oxygen atoms in total. The van der Waals surface area contributed by atoms with Gasteiger partial charge in [0.25, 0.3) is 0 Å². The van der Waals surface area contributed by atoms with Crippen molar-refractivity contribution in [2.24, 2.45) is 23.2 Å². The molecule has 3 saturated carbocycles. The Labute approximate surface area is 146 Å². The Morgan fingerprint density at radius 3 is 2.79 bits per heavy atom. The summed E-state index contributed by atoms with van der Waals surface area (Å²) in [5.41, 5.74) is 1.85. The van der Waals surface area contributed by atoms with Crippen LogP contribution in [-0.4, -0.2) is 37.2 Å². The summed E-state index contributed by atoms with van der Waals surface area (Å²) >= 11 is 0. The fraction of sp³-hybridized carbons (Fsp3) is 0.750. The molecule has 0 aromatic carbocycles. The summed E-state index contributed by atoms with van der Waals surface area (Å²) in [4.78, 5) is 7.07. The molecule has 1 aromatic rings. The van der Waals surface area contributed by atoms with Crippen LogP contribution in [-0.2, 0) is 0 Å². The molecular formula is C20H32N4. The first-order chi connectivity index (χ1) is 11.5. The third kappa shape index (κ3) is 2.59. The van der Waals surface area contributed by atoms with Gasteiger partial charge in [0.15, 0.2) is 0 Å². The van der Waals surface area contributed by atoms with Crippen molar-refractivity contribution in [3.63, 3.8) is 0 Å². The predicted molar refractivity (Wildman–Crippen MR) is 100 cm³/mol. The second-order valence-corrected chi connectivity index (χ2v) is 8.83. The van der Waals surface area contributed by atoms with Crippen molar-refractivity contribution in [3.05, 3.63) is 18.3 Å². The van der Waals surface area contributed by atoms with Gasteiger partial charge in [-0.15, -0.1) is 0 Å². The van der Waals surface area contributed by atoms with Gasteiger partial charge >= 0.3 is 0 Å². The fourth-order valence-electron chi connectivity index (χ4n) is 5.46. The highest BCUT2D eigenvalue weighted by Crippen LogP contribution is 2.61. The van der Waals surface area contributed by atoms with E-state index in [1.54, 1.807) is 0 Å². The van der Waals surface area contributed by atoms with E-state index in [0.717, 1.165) is 36.7 Å². The Morgan fingerprint density at radius 2 is 2.12 bits per heavy atom. The van der Waals surface area contributed by atoms with Gasteiger partial charge in [-0.1, -0.05) is 20.8 Å². The molecule has 4 fully saturated rings. The van der Waals surface area contributed by atoms with E-state index in [1.807, 2.05) is 6.20 Å². The topological polar surface area (TPSA) is 40.2 Å². The molecule has 2 bridgehead atoms. The molecule has 0 unspecified atom stereocenters.